The largest absolute Gasteiger partial charge is 0.374 e. The number of benzene rings is 2. The van der Waals surface area contributed by atoms with Gasteiger partial charge in [0.25, 0.3) is 0 Å². The van der Waals surface area contributed by atoms with Crippen molar-refractivity contribution in [2.45, 2.75) is 39.7 Å². The number of aromatic amines is 1. The number of nitrogens with one attached hydrogen (secondary N) is 2. The van der Waals surface area contributed by atoms with Gasteiger partial charge in [-0.15, -0.1) is 0 Å². The lowest BCUT2D eigenvalue weighted by molar-refractivity contribution is 0.0982. The second kappa shape index (κ2) is 8.00. The minimum Gasteiger partial charge on any atom is -0.374 e. The average molecular weight is 347 g/mol. The van der Waals surface area contributed by atoms with Crippen molar-refractivity contribution in [3.63, 3.8) is 0 Å². The van der Waals surface area contributed by atoms with Crippen LogP contribution < -0.4 is 5.32 Å². The molecule has 0 bridgehead atoms. The van der Waals surface area contributed by atoms with Gasteiger partial charge < -0.3 is 5.32 Å². The van der Waals surface area contributed by atoms with Gasteiger partial charge >= 0.3 is 0 Å². The summed E-state index contributed by atoms with van der Waals surface area (Å²) in [6, 6.07) is 14.3. The van der Waals surface area contributed by atoms with Gasteiger partial charge in [-0.1, -0.05) is 36.2 Å². The Morgan fingerprint density at radius 2 is 1.77 bits per heavy atom. The molecule has 134 valence electrons. The number of carbonyl (C=O) groups is 1. The van der Waals surface area contributed by atoms with E-state index in [4.69, 9.17) is 0 Å². The molecule has 0 aliphatic rings. The molecule has 1 aromatic heterocycles. The number of aromatic nitrogens is 2. The van der Waals surface area contributed by atoms with Gasteiger partial charge in [0.1, 0.15) is 0 Å². The van der Waals surface area contributed by atoms with Crippen LogP contribution in [0.2, 0.25) is 0 Å². The van der Waals surface area contributed by atoms with Crippen LogP contribution >= 0.6 is 0 Å². The maximum atomic E-state index is 12.0. The van der Waals surface area contributed by atoms with Crippen molar-refractivity contribution >= 4 is 11.5 Å². The summed E-state index contributed by atoms with van der Waals surface area (Å²) in [5.41, 5.74) is 6.47. The van der Waals surface area contributed by atoms with Crippen LogP contribution in [0.15, 0.2) is 54.9 Å². The van der Waals surface area contributed by atoms with Crippen molar-refractivity contribution < 1.29 is 4.79 Å². The second-order valence-corrected chi connectivity index (χ2v) is 6.78. The number of anilines is 1. The first kappa shape index (κ1) is 17.9. The molecule has 3 rings (SSSR count). The lowest BCUT2D eigenvalue weighted by atomic mass is 9.97. The normalized spacial score (nSPS) is 12.0. The monoisotopic (exact) mass is 347 g/mol. The Labute approximate surface area is 154 Å². The smallest absolute Gasteiger partial charge is 0.162 e. The van der Waals surface area contributed by atoms with E-state index in [1.54, 1.807) is 0 Å². The molecule has 2 aromatic carbocycles. The summed E-state index contributed by atoms with van der Waals surface area (Å²) in [6.07, 6.45) is 5.21. The molecule has 4 heteroatoms. The van der Waals surface area contributed by atoms with Crippen molar-refractivity contribution in [3.05, 3.63) is 82.7 Å². The molecule has 26 heavy (non-hydrogen) atoms. The molecule has 0 saturated heterocycles. The minimum absolute atomic E-state index is 0.00968. The highest BCUT2D eigenvalue weighted by atomic mass is 16.1. The highest BCUT2D eigenvalue weighted by molar-refractivity contribution is 5.96. The topological polar surface area (TPSA) is 57.8 Å². The first-order chi connectivity index (χ1) is 12.6. The quantitative estimate of drug-likeness (QED) is 0.577. The summed E-state index contributed by atoms with van der Waals surface area (Å²) in [5, 5.41) is 10.6. The number of hydrogen-bond acceptors (Lipinski definition) is 3. The van der Waals surface area contributed by atoms with Crippen molar-refractivity contribution in [1.82, 2.24) is 10.2 Å². The molecule has 0 fully saturated rings. The van der Waals surface area contributed by atoms with E-state index in [-0.39, 0.29) is 11.8 Å². The summed E-state index contributed by atoms with van der Waals surface area (Å²) in [4.78, 5) is 12.0. The van der Waals surface area contributed by atoms with Gasteiger partial charge in [0.05, 0.1) is 12.2 Å². The van der Waals surface area contributed by atoms with Crippen molar-refractivity contribution in [1.29, 1.82) is 0 Å². The SMILES string of the molecule is CCCC(=O)c1ccc(NC(c2cn[nH]c2)c2cc(C)cc(C)c2)cc1. The van der Waals surface area contributed by atoms with Crippen LogP contribution in [0.3, 0.4) is 0 Å². The van der Waals surface area contributed by atoms with Crippen molar-refractivity contribution in [2.24, 2.45) is 0 Å². The van der Waals surface area contributed by atoms with Crippen molar-refractivity contribution in [2.75, 3.05) is 5.32 Å². The highest BCUT2D eigenvalue weighted by Gasteiger charge is 2.16. The van der Waals surface area contributed by atoms with Gasteiger partial charge in [0.2, 0.25) is 0 Å². The zero-order valence-corrected chi connectivity index (χ0v) is 15.5. The molecular formula is C22H25N3O. The fourth-order valence-electron chi connectivity index (χ4n) is 3.24. The molecule has 1 heterocycles. The van der Waals surface area contributed by atoms with Crippen LogP contribution in [-0.4, -0.2) is 16.0 Å². The number of hydrogen-bond donors (Lipinski definition) is 2. The van der Waals surface area contributed by atoms with Crippen LogP contribution in [0.1, 0.15) is 58.4 Å². The molecule has 1 unspecified atom stereocenters. The van der Waals surface area contributed by atoms with Gasteiger partial charge in [0, 0.05) is 29.4 Å². The Hall–Kier alpha value is -2.88. The van der Waals surface area contributed by atoms with Crippen LogP contribution in [0, 0.1) is 13.8 Å². The van der Waals surface area contributed by atoms with Crippen LogP contribution in [0.25, 0.3) is 0 Å². The Kier molecular flexibility index (Phi) is 5.52. The number of nitrogens with zero attached hydrogens (tertiary/aromatic N) is 1. The molecule has 0 amide bonds. The van der Waals surface area contributed by atoms with Crippen molar-refractivity contribution in [3.8, 4) is 0 Å². The zero-order valence-electron chi connectivity index (χ0n) is 15.5. The predicted molar refractivity (Wildman–Crippen MR) is 106 cm³/mol. The minimum atomic E-state index is -0.00968. The third-order valence-electron chi connectivity index (χ3n) is 4.42. The number of ketones is 1. The predicted octanol–water partition coefficient (Wildman–Crippen LogP) is 5.21. The molecule has 1 atom stereocenters. The molecule has 0 saturated carbocycles. The van der Waals surface area contributed by atoms with Crippen LogP contribution in [-0.2, 0) is 0 Å². The summed E-state index contributed by atoms with van der Waals surface area (Å²) in [7, 11) is 0. The van der Waals surface area contributed by atoms with Gasteiger partial charge in [-0.05, 0) is 50.1 Å². The van der Waals surface area contributed by atoms with E-state index in [1.807, 2.05) is 43.6 Å². The first-order valence-electron chi connectivity index (χ1n) is 9.03. The molecule has 0 radical (unpaired) electrons. The van der Waals surface area contributed by atoms with E-state index in [1.165, 1.54) is 16.7 Å². The van der Waals surface area contributed by atoms with E-state index in [9.17, 15) is 4.79 Å². The summed E-state index contributed by atoms with van der Waals surface area (Å²) < 4.78 is 0. The lowest BCUT2D eigenvalue weighted by Crippen LogP contribution is -2.12. The number of Topliss-reactive ketones (excluding diaryl/α,β-unsaturated/α-hetero) is 1. The lowest BCUT2D eigenvalue weighted by Gasteiger charge is -2.20. The standard InChI is InChI=1S/C22H25N3O/c1-4-5-21(26)17-6-8-20(9-7-17)25-22(19-13-23-24-14-19)18-11-15(2)10-16(3)12-18/h6-14,22,25H,4-5H2,1-3H3,(H,23,24). The van der Waals surface area contributed by atoms with E-state index >= 15 is 0 Å². The third kappa shape index (κ3) is 4.20. The summed E-state index contributed by atoms with van der Waals surface area (Å²) in [5.74, 6) is 0.194. The Bertz CT molecular complexity index is 847. The van der Waals surface area contributed by atoms with Crippen LogP contribution in [0.4, 0.5) is 5.69 Å². The number of carbonyl (C=O) groups excluding carboxylic acids is 1. The molecule has 4 nitrogen and oxygen atoms in total. The first-order valence-corrected chi connectivity index (χ1v) is 9.03. The van der Waals surface area contributed by atoms with Gasteiger partial charge in [-0.2, -0.15) is 5.10 Å². The zero-order chi connectivity index (χ0) is 18.5. The van der Waals surface area contributed by atoms with Gasteiger partial charge in [-0.3, -0.25) is 9.89 Å². The number of rotatable bonds is 7. The molecule has 3 aromatic rings. The molecule has 0 aliphatic carbocycles. The second-order valence-electron chi connectivity index (χ2n) is 6.78. The maximum absolute atomic E-state index is 12.0. The fraction of sp³-hybridized carbons (Fsp3) is 0.273. The van der Waals surface area contributed by atoms with Gasteiger partial charge in [-0.25, -0.2) is 0 Å². The molecule has 0 aliphatic heterocycles. The Balaban J connectivity index is 1.88. The van der Waals surface area contributed by atoms with E-state index in [2.05, 4.69) is 47.6 Å². The van der Waals surface area contributed by atoms with Crippen LogP contribution in [0.5, 0.6) is 0 Å². The number of H-pyrrole nitrogens is 1. The Morgan fingerprint density at radius 1 is 1.08 bits per heavy atom. The fourth-order valence-corrected chi connectivity index (χ4v) is 3.24. The average Bonchev–Trinajstić information content (AvgIpc) is 3.14. The van der Waals surface area contributed by atoms with E-state index in [0.29, 0.717) is 6.42 Å². The molecule has 2 N–H and O–H groups in total. The van der Waals surface area contributed by atoms with E-state index < -0.39 is 0 Å². The van der Waals surface area contributed by atoms with E-state index in [0.717, 1.165) is 23.2 Å². The van der Waals surface area contributed by atoms with Gasteiger partial charge in [0.15, 0.2) is 5.78 Å². The maximum Gasteiger partial charge on any atom is 0.162 e. The molecule has 0 spiro atoms. The Morgan fingerprint density at radius 3 is 2.35 bits per heavy atom. The third-order valence-corrected chi connectivity index (χ3v) is 4.42. The summed E-state index contributed by atoms with van der Waals surface area (Å²) >= 11 is 0. The highest BCUT2D eigenvalue weighted by Crippen LogP contribution is 2.28. The molecular weight excluding hydrogens is 322 g/mol. The summed E-state index contributed by atoms with van der Waals surface area (Å²) in [6.45, 7) is 6.24. The number of aryl methyl sites for hydroxylation is 2.